The minimum absolute atomic E-state index is 0.0317. The Labute approximate surface area is 101 Å². The van der Waals surface area contributed by atoms with Gasteiger partial charge >= 0.3 is 0 Å². The van der Waals surface area contributed by atoms with Crippen molar-refractivity contribution in [1.29, 1.82) is 0 Å². The molecule has 1 aromatic heterocycles. The molecule has 0 atom stereocenters. The summed E-state index contributed by atoms with van der Waals surface area (Å²) in [7, 11) is 0. The van der Waals surface area contributed by atoms with Gasteiger partial charge in [0.05, 0.1) is 15.7 Å². The lowest BCUT2D eigenvalue weighted by molar-refractivity contribution is 0.628. The van der Waals surface area contributed by atoms with Crippen LogP contribution < -0.4 is 5.73 Å². The number of nitrogens with two attached hydrogens (primary N) is 1. The molecule has 16 heavy (non-hydrogen) atoms. The van der Waals surface area contributed by atoms with Gasteiger partial charge in [0.25, 0.3) is 0 Å². The summed E-state index contributed by atoms with van der Waals surface area (Å²) in [5.74, 6) is -0.456. The summed E-state index contributed by atoms with van der Waals surface area (Å²) in [6.45, 7) is 0. The number of nitrogen functional groups attached to an aromatic ring is 1. The van der Waals surface area contributed by atoms with E-state index >= 15 is 0 Å². The summed E-state index contributed by atoms with van der Waals surface area (Å²) >= 11 is 11.5. The van der Waals surface area contributed by atoms with E-state index < -0.39 is 5.82 Å². The number of nitrogens with zero attached hydrogens (tertiary/aromatic N) is 2. The lowest BCUT2D eigenvalue weighted by atomic mass is 10.1. The molecular weight excluding hydrogens is 252 g/mol. The third-order valence-corrected chi connectivity index (χ3v) is 2.56. The quantitative estimate of drug-likeness (QED) is 0.799. The zero-order valence-electron chi connectivity index (χ0n) is 7.92. The number of benzene rings is 1. The molecule has 0 aliphatic carbocycles. The van der Waals surface area contributed by atoms with Gasteiger partial charge in [0, 0.05) is 11.8 Å². The first-order valence-electron chi connectivity index (χ1n) is 4.31. The molecule has 82 valence electrons. The Hall–Kier alpha value is -1.39. The van der Waals surface area contributed by atoms with Crippen molar-refractivity contribution >= 4 is 29.2 Å². The van der Waals surface area contributed by atoms with Gasteiger partial charge in [0.15, 0.2) is 0 Å². The van der Waals surface area contributed by atoms with E-state index in [9.17, 15) is 4.39 Å². The second-order valence-corrected chi connectivity index (χ2v) is 3.86. The first-order valence-corrected chi connectivity index (χ1v) is 5.07. The SMILES string of the molecule is Nc1nccc(-c2cc(F)c(Cl)cc2Cl)n1. The highest BCUT2D eigenvalue weighted by molar-refractivity contribution is 6.36. The second-order valence-electron chi connectivity index (χ2n) is 3.05. The molecule has 6 heteroatoms. The van der Waals surface area contributed by atoms with Crippen LogP contribution in [-0.4, -0.2) is 9.97 Å². The largest absolute Gasteiger partial charge is 0.368 e. The Morgan fingerprint density at radius 2 is 1.94 bits per heavy atom. The first-order chi connectivity index (χ1) is 7.58. The van der Waals surface area contributed by atoms with E-state index in [0.29, 0.717) is 16.3 Å². The molecule has 0 aliphatic rings. The Bertz CT molecular complexity index is 546. The molecule has 2 N–H and O–H groups in total. The van der Waals surface area contributed by atoms with Gasteiger partial charge in [-0.25, -0.2) is 14.4 Å². The standard InChI is InChI=1S/C10H6Cl2FN3/c11-6-4-7(12)8(13)3-5(6)9-1-2-15-10(14)16-9/h1-4H,(H2,14,15,16). The predicted octanol–water partition coefficient (Wildman–Crippen LogP) is 3.17. The number of hydrogen-bond acceptors (Lipinski definition) is 3. The van der Waals surface area contributed by atoms with E-state index in [4.69, 9.17) is 28.9 Å². The minimum Gasteiger partial charge on any atom is -0.368 e. The monoisotopic (exact) mass is 257 g/mol. The topological polar surface area (TPSA) is 51.8 Å². The molecule has 0 aliphatic heterocycles. The summed E-state index contributed by atoms with van der Waals surface area (Å²) in [4.78, 5) is 7.69. The normalized spacial score (nSPS) is 10.4. The highest BCUT2D eigenvalue weighted by Gasteiger charge is 2.10. The average Bonchev–Trinajstić information content (AvgIpc) is 2.23. The molecule has 0 fully saturated rings. The van der Waals surface area contributed by atoms with E-state index in [1.807, 2.05) is 0 Å². The van der Waals surface area contributed by atoms with Gasteiger partial charge in [-0.2, -0.15) is 0 Å². The predicted molar refractivity (Wildman–Crippen MR) is 61.9 cm³/mol. The number of anilines is 1. The van der Waals surface area contributed by atoms with Crippen LogP contribution in [0.2, 0.25) is 10.0 Å². The molecule has 2 aromatic rings. The van der Waals surface area contributed by atoms with Gasteiger partial charge in [0.2, 0.25) is 5.95 Å². The van der Waals surface area contributed by atoms with Crippen LogP contribution in [0.5, 0.6) is 0 Å². The summed E-state index contributed by atoms with van der Waals surface area (Å²) in [6.07, 6.45) is 1.47. The number of aromatic nitrogens is 2. The fourth-order valence-electron chi connectivity index (χ4n) is 1.24. The van der Waals surface area contributed by atoms with Crippen LogP contribution in [0.4, 0.5) is 10.3 Å². The zero-order chi connectivity index (χ0) is 11.7. The molecule has 0 saturated carbocycles. The van der Waals surface area contributed by atoms with Gasteiger partial charge in [-0.05, 0) is 18.2 Å². The Morgan fingerprint density at radius 3 is 2.62 bits per heavy atom. The van der Waals surface area contributed by atoms with E-state index in [0.717, 1.165) is 0 Å². The van der Waals surface area contributed by atoms with E-state index in [-0.39, 0.29) is 11.0 Å². The van der Waals surface area contributed by atoms with Crippen molar-refractivity contribution in [3.63, 3.8) is 0 Å². The van der Waals surface area contributed by atoms with E-state index in [1.165, 1.54) is 18.3 Å². The molecular formula is C10H6Cl2FN3. The molecule has 1 aromatic carbocycles. The van der Waals surface area contributed by atoms with Crippen molar-refractivity contribution in [3.8, 4) is 11.3 Å². The van der Waals surface area contributed by atoms with Crippen LogP contribution in [0.25, 0.3) is 11.3 Å². The lowest BCUT2D eigenvalue weighted by Gasteiger charge is -2.05. The third kappa shape index (κ3) is 2.08. The van der Waals surface area contributed by atoms with Gasteiger partial charge in [-0.3, -0.25) is 0 Å². The molecule has 0 radical (unpaired) electrons. The third-order valence-electron chi connectivity index (χ3n) is 1.96. The van der Waals surface area contributed by atoms with Crippen LogP contribution in [0.15, 0.2) is 24.4 Å². The Morgan fingerprint density at radius 1 is 1.19 bits per heavy atom. The number of rotatable bonds is 1. The second kappa shape index (κ2) is 4.23. The molecule has 0 amide bonds. The van der Waals surface area contributed by atoms with Gasteiger partial charge in [-0.1, -0.05) is 23.2 Å². The maximum atomic E-state index is 13.3. The van der Waals surface area contributed by atoms with Crippen molar-refractivity contribution in [2.45, 2.75) is 0 Å². The van der Waals surface area contributed by atoms with Crippen LogP contribution in [0.3, 0.4) is 0 Å². The number of halogens is 3. The summed E-state index contributed by atoms with van der Waals surface area (Å²) in [6, 6.07) is 4.13. The molecule has 0 saturated heterocycles. The van der Waals surface area contributed by atoms with Gasteiger partial charge in [0.1, 0.15) is 5.82 Å². The van der Waals surface area contributed by atoms with Crippen LogP contribution in [0.1, 0.15) is 0 Å². The molecule has 3 nitrogen and oxygen atoms in total. The molecule has 0 unspecified atom stereocenters. The maximum absolute atomic E-state index is 13.3. The van der Waals surface area contributed by atoms with E-state index in [1.54, 1.807) is 6.07 Å². The fraction of sp³-hybridized carbons (Fsp3) is 0. The lowest BCUT2D eigenvalue weighted by Crippen LogP contribution is -1.96. The van der Waals surface area contributed by atoms with Crippen molar-refractivity contribution in [1.82, 2.24) is 9.97 Å². The highest BCUT2D eigenvalue weighted by atomic mass is 35.5. The van der Waals surface area contributed by atoms with Gasteiger partial charge in [-0.15, -0.1) is 0 Å². The molecule has 0 bridgehead atoms. The molecule has 1 heterocycles. The molecule has 0 spiro atoms. The smallest absolute Gasteiger partial charge is 0.220 e. The van der Waals surface area contributed by atoms with E-state index in [2.05, 4.69) is 9.97 Å². The fourth-order valence-corrected chi connectivity index (χ4v) is 1.72. The first kappa shape index (κ1) is 11.1. The summed E-state index contributed by atoms with van der Waals surface area (Å²) < 4.78 is 13.3. The van der Waals surface area contributed by atoms with Crippen molar-refractivity contribution < 1.29 is 4.39 Å². The Kier molecular flexibility index (Phi) is 2.94. The van der Waals surface area contributed by atoms with Gasteiger partial charge < -0.3 is 5.73 Å². The highest BCUT2D eigenvalue weighted by Crippen LogP contribution is 2.31. The Balaban J connectivity index is 2.60. The average molecular weight is 258 g/mol. The van der Waals surface area contributed by atoms with Crippen LogP contribution >= 0.6 is 23.2 Å². The summed E-state index contributed by atoms with van der Waals surface area (Å²) in [5, 5.41) is 0.278. The zero-order valence-corrected chi connectivity index (χ0v) is 9.43. The van der Waals surface area contributed by atoms with Crippen molar-refractivity contribution in [3.05, 3.63) is 40.3 Å². The minimum atomic E-state index is -0.557. The summed E-state index contributed by atoms with van der Waals surface area (Å²) in [5.41, 5.74) is 6.31. The number of hydrogen-bond donors (Lipinski definition) is 1. The maximum Gasteiger partial charge on any atom is 0.220 e. The van der Waals surface area contributed by atoms with Crippen molar-refractivity contribution in [2.24, 2.45) is 0 Å². The van der Waals surface area contributed by atoms with Crippen LogP contribution in [0, 0.1) is 5.82 Å². The van der Waals surface area contributed by atoms with Crippen molar-refractivity contribution in [2.75, 3.05) is 5.73 Å². The molecule has 2 rings (SSSR count). The van der Waals surface area contributed by atoms with Crippen LogP contribution in [-0.2, 0) is 0 Å².